The third kappa shape index (κ3) is 9.26. The van der Waals surface area contributed by atoms with Crippen LogP contribution in [0.5, 0.6) is 11.5 Å². The zero-order valence-corrected chi connectivity index (χ0v) is 21.5. The summed E-state index contributed by atoms with van der Waals surface area (Å²) in [7, 11) is 0. The molecule has 0 aromatic heterocycles. The molecule has 0 aliphatic heterocycles. The van der Waals surface area contributed by atoms with Crippen LogP contribution in [0, 0.1) is 0 Å². The Hall–Kier alpha value is -2.12. The molecule has 2 aromatic carbocycles. The van der Waals surface area contributed by atoms with Gasteiger partial charge in [-0.3, -0.25) is 0 Å². The van der Waals surface area contributed by atoms with E-state index < -0.39 is 12.2 Å². The molecule has 3 atom stereocenters. The van der Waals surface area contributed by atoms with Gasteiger partial charge in [0.25, 0.3) is 0 Å². The Morgan fingerprint density at radius 1 is 0.676 bits per heavy atom. The van der Waals surface area contributed by atoms with Crippen LogP contribution in [0.2, 0.25) is 0 Å². The Morgan fingerprint density at radius 2 is 1.09 bits per heavy atom. The zero-order chi connectivity index (χ0) is 25.1. The van der Waals surface area contributed by atoms with Crippen LogP contribution in [0.25, 0.3) is 0 Å². The van der Waals surface area contributed by atoms with Crippen molar-refractivity contribution in [3.8, 4) is 11.5 Å². The van der Waals surface area contributed by atoms with E-state index in [0.717, 1.165) is 17.5 Å². The molecule has 0 heterocycles. The molecule has 6 nitrogen and oxygen atoms in total. The highest BCUT2D eigenvalue weighted by atomic mass is 16.5. The first kappa shape index (κ1) is 28.1. The van der Waals surface area contributed by atoms with E-state index in [2.05, 4.69) is 20.8 Å². The van der Waals surface area contributed by atoms with Crippen molar-refractivity contribution in [2.45, 2.75) is 77.8 Å². The topological polar surface area (TPSA) is 77.4 Å². The average Bonchev–Trinajstić information content (AvgIpc) is 2.83. The molecule has 190 valence electrons. The molecule has 3 unspecified atom stereocenters. The van der Waals surface area contributed by atoms with Gasteiger partial charge in [-0.15, -0.1) is 0 Å². The Labute approximate surface area is 204 Å². The van der Waals surface area contributed by atoms with Gasteiger partial charge in [0.15, 0.2) is 0 Å². The van der Waals surface area contributed by atoms with Gasteiger partial charge in [-0.05, 0) is 62.6 Å². The van der Waals surface area contributed by atoms with E-state index >= 15 is 0 Å². The summed E-state index contributed by atoms with van der Waals surface area (Å²) < 4.78 is 22.4. The smallest absolute Gasteiger partial charge is 0.119 e. The minimum absolute atomic E-state index is 0.0810. The summed E-state index contributed by atoms with van der Waals surface area (Å²) in [6.45, 7) is 13.2. The van der Waals surface area contributed by atoms with Crippen LogP contribution in [0.4, 0.5) is 0 Å². The highest BCUT2D eigenvalue weighted by Gasteiger charge is 2.23. The van der Waals surface area contributed by atoms with E-state index in [1.165, 1.54) is 0 Å². The van der Waals surface area contributed by atoms with Crippen molar-refractivity contribution in [2.75, 3.05) is 26.4 Å². The fourth-order valence-corrected chi connectivity index (χ4v) is 3.28. The van der Waals surface area contributed by atoms with Gasteiger partial charge in [0.2, 0.25) is 0 Å². The van der Waals surface area contributed by atoms with E-state index in [9.17, 15) is 10.2 Å². The highest BCUT2D eigenvalue weighted by molar-refractivity contribution is 5.41. The molecule has 2 rings (SSSR count). The molecule has 2 N–H and O–H groups in total. The summed E-state index contributed by atoms with van der Waals surface area (Å²) >= 11 is 0. The molecule has 0 spiro atoms. The molecule has 0 aliphatic carbocycles. The minimum Gasteiger partial charge on any atom is -0.491 e. The van der Waals surface area contributed by atoms with Gasteiger partial charge in [-0.2, -0.15) is 0 Å². The Balaban J connectivity index is 1.89. The highest BCUT2D eigenvalue weighted by Crippen LogP contribution is 2.33. The second kappa shape index (κ2) is 13.7. The van der Waals surface area contributed by atoms with Crippen LogP contribution in [-0.2, 0) is 14.9 Å². The molecule has 0 aliphatic rings. The predicted molar refractivity (Wildman–Crippen MR) is 135 cm³/mol. The SMILES string of the molecule is CCC(C)OCC(O)COc1ccc(C(C)(C)c2ccc(OCC(O)COC(C)C)cc2)cc1. The lowest BCUT2D eigenvalue weighted by Gasteiger charge is -2.26. The number of aliphatic hydroxyl groups is 2. The normalized spacial score (nSPS) is 14.6. The van der Waals surface area contributed by atoms with Crippen molar-refractivity contribution >= 4 is 0 Å². The first-order valence-corrected chi connectivity index (χ1v) is 12.2. The Morgan fingerprint density at radius 3 is 1.47 bits per heavy atom. The van der Waals surface area contributed by atoms with E-state index in [1.807, 2.05) is 69.3 Å². The van der Waals surface area contributed by atoms with E-state index in [0.29, 0.717) is 11.5 Å². The second-order valence-corrected chi connectivity index (χ2v) is 9.54. The standard InChI is InChI=1S/C28H42O6/c1-7-21(4)32-17-25(30)19-34-27-14-10-23(11-15-27)28(5,6)22-8-12-26(13-9-22)33-18-24(29)16-31-20(2)3/h8-15,20-21,24-25,29-30H,7,16-19H2,1-6H3. The van der Waals surface area contributed by atoms with Crippen molar-refractivity contribution in [3.63, 3.8) is 0 Å². The number of rotatable bonds is 15. The van der Waals surface area contributed by atoms with Gasteiger partial charge < -0.3 is 29.2 Å². The van der Waals surface area contributed by atoms with Crippen LogP contribution < -0.4 is 9.47 Å². The van der Waals surface area contributed by atoms with Gasteiger partial charge in [-0.25, -0.2) is 0 Å². The monoisotopic (exact) mass is 474 g/mol. The third-order valence-electron chi connectivity index (χ3n) is 5.81. The molecule has 0 bridgehead atoms. The average molecular weight is 475 g/mol. The van der Waals surface area contributed by atoms with Gasteiger partial charge in [-0.1, -0.05) is 45.0 Å². The maximum absolute atomic E-state index is 10.0. The van der Waals surface area contributed by atoms with Crippen LogP contribution in [0.15, 0.2) is 48.5 Å². The lowest BCUT2D eigenvalue weighted by atomic mass is 9.78. The van der Waals surface area contributed by atoms with E-state index in [1.54, 1.807) is 0 Å². The molecule has 2 aromatic rings. The lowest BCUT2D eigenvalue weighted by Crippen LogP contribution is -2.25. The molecule has 34 heavy (non-hydrogen) atoms. The van der Waals surface area contributed by atoms with Crippen molar-refractivity contribution in [2.24, 2.45) is 0 Å². The van der Waals surface area contributed by atoms with Crippen LogP contribution >= 0.6 is 0 Å². The quantitative estimate of drug-likeness (QED) is 0.389. The first-order valence-electron chi connectivity index (χ1n) is 12.2. The molecular formula is C28H42O6. The molecular weight excluding hydrogens is 432 g/mol. The molecule has 0 saturated heterocycles. The molecule has 0 radical (unpaired) electrons. The lowest BCUT2D eigenvalue weighted by molar-refractivity contribution is -0.0192. The number of hydrogen-bond acceptors (Lipinski definition) is 6. The summed E-state index contributed by atoms with van der Waals surface area (Å²) in [6.07, 6.45) is -0.190. The molecule has 0 amide bonds. The van der Waals surface area contributed by atoms with Crippen LogP contribution in [-0.4, -0.2) is 61.1 Å². The summed E-state index contributed by atoms with van der Waals surface area (Å²) in [6, 6.07) is 15.9. The van der Waals surface area contributed by atoms with Crippen molar-refractivity contribution < 1.29 is 29.2 Å². The number of ether oxygens (including phenoxy) is 4. The number of aliphatic hydroxyl groups excluding tert-OH is 2. The van der Waals surface area contributed by atoms with E-state index in [4.69, 9.17) is 18.9 Å². The first-order chi connectivity index (χ1) is 16.1. The maximum Gasteiger partial charge on any atom is 0.119 e. The second-order valence-electron chi connectivity index (χ2n) is 9.54. The maximum atomic E-state index is 10.0. The number of benzene rings is 2. The van der Waals surface area contributed by atoms with Gasteiger partial charge in [0.05, 0.1) is 25.4 Å². The summed E-state index contributed by atoms with van der Waals surface area (Å²) in [5, 5.41) is 20.0. The van der Waals surface area contributed by atoms with Gasteiger partial charge >= 0.3 is 0 Å². The van der Waals surface area contributed by atoms with Crippen molar-refractivity contribution in [1.82, 2.24) is 0 Å². The summed E-state index contributed by atoms with van der Waals surface area (Å²) in [5.74, 6) is 1.42. The number of hydrogen-bond donors (Lipinski definition) is 2. The molecule has 0 saturated carbocycles. The van der Waals surface area contributed by atoms with Crippen LogP contribution in [0.3, 0.4) is 0 Å². The summed E-state index contributed by atoms with van der Waals surface area (Å²) in [4.78, 5) is 0. The molecule has 6 heteroatoms. The van der Waals surface area contributed by atoms with E-state index in [-0.39, 0.29) is 44.1 Å². The largest absolute Gasteiger partial charge is 0.491 e. The van der Waals surface area contributed by atoms with Gasteiger partial charge in [0.1, 0.15) is 36.9 Å². The van der Waals surface area contributed by atoms with Gasteiger partial charge in [0, 0.05) is 5.41 Å². The zero-order valence-electron chi connectivity index (χ0n) is 21.5. The van der Waals surface area contributed by atoms with Crippen molar-refractivity contribution in [1.29, 1.82) is 0 Å². The summed E-state index contributed by atoms with van der Waals surface area (Å²) in [5.41, 5.74) is 2.08. The Kier molecular flexibility index (Phi) is 11.3. The third-order valence-corrected chi connectivity index (χ3v) is 5.81. The fraction of sp³-hybridized carbons (Fsp3) is 0.571. The predicted octanol–water partition coefficient (Wildman–Crippen LogP) is 4.73. The fourth-order valence-electron chi connectivity index (χ4n) is 3.28. The Bertz CT molecular complexity index is 816. The van der Waals surface area contributed by atoms with Crippen molar-refractivity contribution in [3.05, 3.63) is 59.7 Å². The minimum atomic E-state index is -0.659. The van der Waals surface area contributed by atoms with Crippen LogP contribution in [0.1, 0.15) is 59.1 Å². The molecule has 0 fully saturated rings.